The fourth-order valence-corrected chi connectivity index (χ4v) is 2.90. The lowest BCUT2D eigenvalue weighted by atomic mass is 10.1. The summed E-state index contributed by atoms with van der Waals surface area (Å²) in [6.45, 7) is 7.90. The second kappa shape index (κ2) is 8.11. The number of rotatable bonds is 7. The molecule has 1 aliphatic rings. The van der Waals surface area contributed by atoms with Crippen LogP contribution in [0, 0.1) is 0 Å². The predicted octanol–water partition coefficient (Wildman–Crippen LogP) is 2.26. The van der Waals surface area contributed by atoms with Crippen LogP contribution in [-0.4, -0.2) is 48.4 Å². The van der Waals surface area contributed by atoms with Gasteiger partial charge in [0, 0.05) is 24.7 Å². The molecule has 1 saturated heterocycles. The highest BCUT2D eigenvalue weighted by Crippen LogP contribution is 2.18. The first kappa shape index (κ1) is 17.5. The van der Waals surface area contributed by atoms with Gasteiger partial charge in [-0.25, -0.2) is 0 Å². The zero-order chi connectivity index (χ0) is 16.8. The van der Waals surface area contributed by atoms with Gasteiger partial charge in [0.1, 0.15) is 5.75 Å². The summed E-state index contributed by atoms with van der Waals surface area (Å²) < 4.78 is 5.79. The number of carbonyl (C=O) groups excluding carboxylic acids is 2. The molecule has 23 heavy (non-hydrogen) atoms. The van der Waals surface area contributed by atoms with Gasteiger partial charge in [0.2, 0.25) is 0 Å². The van der Waals surface area contributed by atoms with E-state index in [0.29, 0.717) is 11.3 Å². The van der Waals surface area contributed by atoms with Crippen LogP contribution in [0.4, 0.5) is 0 Å². The molecular weight excluding hydrogens is 292 g/mol. The van der Waals surface area contributed by atoms with Gasteiger partial charge < -0.3 is 15.0 Å². The number of carbonyl (C=O) groups is 2. The van der Waals surface area contributed by atoms with E-state index in [1.165, 1.54) is 6.92 Å². The van der Waals surface area contributed by atoms with Crippen molar-refractivity contribution < 1.29 is 14.3 Å². The first-order valence-electron chi connectivity index (χ1n) is 8.31. The standard InChI is InChI=1S/C18H26N2O3/c1-4-10-20(16-8-9-19-12-16)18(22)14(3)23-17-7-5-6-15(11-17)13(2)21/h5-7,11,14,16,19H,4,8-10,12H2,1-3H3. The molecule has 0 aliphatic carbocycles. The Balaban J connectivity index is 2.05. The Kier molecular flexibility index (Phi) is 6.16. The molecule has 5 heteroatoms. The number of nitrogens with one attached hydrogen (secondary N) is 1. The Morgan fingerprint density at radius 3 is 2.83 bits per heavy atom. The van der Waals surface area contributed by atoms with Crippen LogP contribution < -0.4 is 10.1 Å². The van der Waals surface area contributed by atoms with Gasteiger partial charge in [0.05, 0.1) is 0 Å². The van der Waals surface area contributed by atoms with Gasteiger partial charge in [-0.1, -0.05) is 19.1 Å². The van der Waals surface area contributed by atoms with Crippen LogP contribution in [0.15, 0.2) is 24.3 Å². The van der Waals surface area contributed by atoms with Crippen molar-refractivity contribution in [2.24, 2.45) is 0 Å². The van der Waals surface area contributed by atoms with E-state index in [9.17, 15) is 9.59 Å². The molecule has 2 rings (SSSR count). The van der Waals surface area contributed by atoms with E-state index in [-0.39, 0.29) is 17.7 Å². The van der Waals surface area contributed by atoms with Crippen molar-refractivity contribution >= 4 is 11.7 Å². The number of Topliss-reactive ketones (excluding diaryl/α,β-unsaturated/α-hetero) is 1. The monoisotopic (exact) mass is 318 g/mol. The quantitative estimate of drug-likeness (QED) is 0.784. The third kappa shape index (κ3) is 4.55. The zero-order valence-electron chi connectivity index (χ0n) is 14.2. The van der Waals surface area contributed by atoms with Crippen molar-refractivity contribution in [3.8, 4) is 5.75 Å². The van der Waals surface area contributed by atoms with Gasteiger partial charge in [0.25, 0.3) is 5.91 Å². The minimum atomic E-state index is -0.565. The molecule has 1 aromatic carbocycles. The maximum absolute atomic E-state index is 12.7. The van der Waals surface area contributed by atoms with Gasteiger partial charge in [-0.2, -0.15) is 0 Å². The van der Waals surface area contributed by atoms with Crippen molar-refractivity contribution in [2.75, 3.05) is 19.6 Å². The lowest BCUT2D eigenvalue weighted by molar-refractivity contribution is -0.140. The summed E-state index contributed by atoms with van der Waals surface area (Å²) in [5, 5.41) is 3.30. The molecule has 2 atom stereocenters. The highest BCUT2D eigenvalue weighted by atomic mass is 16.5. The lowest BCUT2D eigenvalue weighted by Gasteiger charge is -2.30. The van der Waals surface area contributed by atoms with Crippen LogP contribution in [0.5, 0.6) is 5.75 Å². The fraction of sp³-hybridized carbons (Fsp3) is 0.556. The summed E-state index contributed by atoms with van der Waals surface area (Å²) in [6, 6.07) is 7.23. The minimum absolute atomic E-state index is 0.00813. The van der Waals surface area contributed by atoms with Crippen LogP contribution >= 0.6 is 0 Å². The number of nitrogens with zero attached hydrogens (tertiary/aromatic N) is 1. The van der Waals surface area contributed by atoms with E-state index in [1.807, 2.05) is 4.90 Å². The second-order valence-corrected chi connectivity index (χ2v) is 6.02. The van der Waals surface area contributed by atoms with Crippen LogP contribution in [0.1, 0.15) is 44.0 Å². The van der Waals surface area contributed by atoms with Crippen molar-refractivity contribution in [2.45, 2.75) is 45.8 Å². The van der Waals surface area contributed by atoms with E-state index < -0.39 is 6.10 Å². The Labute approximate surface area is 138 Å². The SMILES string of the molecule is CCCN(C(=O)C(C)Oc1cccc(C(C)=O)c1)C1CCNC1. The average Bonchev–Trinajstić information content (AvgIpc) is 3.06. The maximum Gasteiger partial charge on any atom is 0.263 e. The molecule has 1 heterocycles. The minimum Gasteiger partial charge on any atom is -0.481 e. The van der Waals surface area contributed by atoms with E-state index in [0.717, 1.165) is 32.5 Å². The number of benzene rings is 1. The normalized spacial score (nSPS) is 18.5. The van der Waals surface area contributed by atoms with Gasteiger partial charge in [0.15, 0.2) is 11.9 Å². The first-order valence-corrected chi connectivity index (χ1v) is 8.31. The van der Waals surface area contributed by atoms with Crippen LogP contribution in [0.25, 0.3) is 0 Å². The van der Waals surface area contributed by atoms with Crippen molar-refractivity contribution in [1.29, 1.82) is 0 Å². The van der Waals surface area contributed by atoms with Gasteiger partial charge in [-0.3, -0.25) is 9.59 Å². The predicted molar refractivity (Wildman–Crippen MR) is 89.8 cm³/mol. The summed E-state index contributed by atoms with van der Waals surface area (Å²) in [5.74, 6) is 0.549. The molecular formula is C18H26N2O3. The van der Waals surface area contributed by atoms with Gasteiger partial charge in [-0.15, -0.1) is 0 Å². The number of amides is 1. The molecule has 1 aliphatic heterocycles. The number of ketones is 1. The largest absolute Gasteiger partial charge is 0.481 e. The number of hydrogen-bond acceptors (Lipinski definition) is 4. The highest BCUT2D eigenvalue weighted by Gasteiger charge is 2.29. The third-order valence-electron chi connectivity index (χ3n) is 4.12. The van der Waals surface area contributed by atoms with E-state index >= 15 is 0 Å². The molecule has 1 aromatic rings. The topological polar surface area (TPSA) is 58.6 Å². The summed E-state index contributed by atoms with van der Waals surface area (Å²) in [7, 11) is 0. The molecule has 0 saturated carbocycles. The van der Waals surface area contributed by atoms with Crippen molar-refractivity contribution in [3.05, 3.63) is 29.8 Å². The molecule has 1 fully saturated rings. The number of hydrogen-bond donors (Lipinski definition) is 1. The Hall–Kier alpha value is -1.88. The van der Waals surface area contributed by atoms with Crippen LogP contribution in [-0.2, 0) is 4.79 Å². The van der Waals surface area contributed by atoms with Gasteiger partial charge >= 0.3 is 0 Å². The second-order valence-electron chi connectivity index (χ2n) is 6.02. The van der Waals surface area contributed by atoms with Crippen molar-refractivity contribution in [3.63, 3.8) is 0 Å². The number of ether oxygens (including phenoxy) is 1. The molecule has 0 radical (unpaired) electrons. The first-order chi connectivity index (χ1) is 11.0. The molecule has 0 spiro atoms. The van der Waals surface area contributed by atoms with E-state index in [1.54, 1.807) is 31.2 Å². The molecule has 1 N–H and O–H groups in total. The average molecular weight is 318 g/mol. The van der Waals surface area contributed by atoms with E-state index in [2.05, 4.69) is 12.2 Å². The van der Waals surface area contributed by atoms with Gasteiger partial charge in [-0.05, 0) is 45.4 Å². The maximum atomic E-state index is 12.7. The Morgan fingerprint density at radius 1 is 1.43 bits per heavy atom. The molecule has 126 valence electrons. The molecule has 0 aromatic heterocycles. The summed E-state index contributed by atoms with van der Waals surface area (Å²) >= 11 is 0. The van der Waals surface area contributed by atoms with Crippen LogP contribution in [0.3, 0.4) is 0 Å². The fourth-order valence-electron chi connectivity index (χ4n) is 2.90. The molecule has 2 unspecified atom stereocenters. The summed E-state index contributed by atoms with van der Waals surface area (Å²) in [6.07, 6.45) is 1.34. The lowest BCUT2D eigenvalue weighted by Crippen LogP contribution is -2.47. The molecule has 5 nitrogen and oxygen atoms in total. The third-order valence-corrected chi connectivity index (χ3v) is 4.12. The van der Waals surface area contributed by atoms with Crippen molar-refractivity contribution in [1.82, 2.24) is 10.2 Å². The smallest absolute Gasteiger partial charge is 0.263 e. The highest BCUT2D eigenvalue weighted by molar-refractivity contribution is 5.94. The molecule has 1 amide bonds. The van der Waals surface area contributed by atoms with Crippen LogP contribution in [0.2, 0.25) is 0 Å². The summed E-state index contributed by atoms with van der Waals surface area (Å²) in [5.41, 5.74) is 0.590. The Bertz CT molecular complexity index is 553. The van der Waals surface area contributed by atoms with E-state index in [4.69, 9.17) is 4.74 Å². The Morgan fingerprint density at radius 2 is 2.22 bits per heavy atom. The zero-order valence-corrected chi connectivity index (χ0v) is 14.2. The molecule has 0 bridgehead atoms. The summed E-state index contributed by atoms with van der Waals surface area (Å²) in [4.78, 5) is 26.1.